The number of fused-ring (bicyclic) bond motifs is 1. The predicted molar refractivity (Wildman–Crippen MR) is 66.8 cm³/mol. The third-order valence-corrected chi connectivity index (χ3v) is 4.64. The van der Waals surface area contributed by atoms with E-state index in [0.29, 0.717) is 12.0 Å². The van der Waals surface area contributed by atoms with Gasteiger partial charge in [0.2, 0.25) is 0 Å². The lowest BCUT2D eigenvalue weighted by atomic mass is 9.90. The van der Waals surface area contributed by atoms with Crippen LogP contribution in [0.25, 0.3) is 0 Å². The highest BCUT2D eigenvalue weighted by Gasteiger charge is 2.36. The first kappa shape index (κ1) is 11.3. The molecular weight excluding hydrogens is 214 g/mol. The molecule has 2 heterocycles. The summed E-state index contributed by atoms with van der Waals surface area (Å²) in [7, 11) is 0. The number of rotatable bonds is 1. The highest BCUT2D eigenvalue weighted by molar-refractivity contribution is 5.75. The van der Waals surface area contributed by atoms with E-state index in [0.717, 1.165) is 32.1 Å². The van der Waals surface area contributed by atoms with E-state index in [1.165, 1.54) is 32.1 Å². The Labute approximate surface area is 103 Å². The molecule has 2 unspecified atom stereocenters. The second-order valence-corrected chi connectivity index (χ2v) is 5.85. The number of carbonyl (C=O) groups is 1. The van der Waals surface area contributed by atoms with Crippen molar-refractivity contribution in [3.63, 3.8) is 0 Å². The van der Waals surface area contributed by atoms with Crippen molar-refractivity contribution < 1.29 is 4.79 Å². The van der Waals surface area contributed by atoms with Crippen LogP contribution >= 0.6 is 0 Å². The molecule has 3 aliphatic rings. The Morgan fingerprint density at radius 3 is 2.65 bits per heavy atom. The Morgan fingerprint density at radius 2 is 1.88 bits per heavy atom. The molecule has 0 spiro atoms. The van der Waals surface area contributed by atoms with Crippen LogP contribution in [-0.2, 0) is 0 Å². The molecule has 2 amide bonds. The van der Waals surface area contributed by atoms with Crippen LogP contribution in [0.1, 0.15) is 32.1 Å². The van der Waals surface area contributed by atoms with Crippen molar-refractivity contribution in [2.75, 3.05) is 26.2 Å². The fourth-order valence-corrected chi connectivity index (χ4v) is 3.57. The molecule has 4 heteroatoms. The summed E-state index contributed by atoms with van der Waals surface area (Å²) in [6.45, 7) is 4.15. The van der Waals surface area contributed by atoms with E-state index >= 15 is 0 Å². The predicted octanol–water partition coefficient (Wildman–Crippen LogP) is 1.18. The van der Waals surface area contributed by atoms with Crippen molar-refractivity contribution in [1.29, 1.82) is 0 Å². The number of carbonyl (C=O) groups excluding carboxylic acids is 1. The molecule has 17 heavy (non-hydrogen) atoms. The largest absolute Gasteiger partial charge is 0.335 e. The summed E-state index contributed by atoms with van der Waals surface area (Å²) in [5.41, 5.74) is 0. The average Bonchev–Trinajstić information content (AvgIpc) is 2.96. The van der Waals surface area contributed by atoms with E-state index in [-0.39, 0.29) is 6.03 Å². The number of hydrogen-bond donors (Lipinski definition) is 2. The van der Waals surface area contributed by atoms with Crippen LogP contribution in [0.4, 0.5) is 4.79 Å². The van der Waals surface area contributed by atoms with Crippen molar-refractivity contribution >= 4 is 6.03 Å². The average molecular weight is 237 g/mol. The molecule has 0 aromatic heterocycles. The monoisotopic (exact) mass is 237 g/mol. The SMILES string of the molecule is O=C(NC1CCCC1)N1CC2CCNCC2C1. The van der Waals surface area contributed by atoms with Crippen molar-refractivity contribution in [1.82, 2.24) is 15.5 Å². The fourth-order valence-electron chi connectivity index (χ4n) is 3.57. The van der Waals surface area contributed by atoms with Crippen molar-refractivity contribution in [3.05, 3.63) is 0 Å². The van der Waals surface area contributed by atoms with Gasteiger partial charge in [-0.1, -0.05) is 12.8 Å². The zero-order valence-electron chi connectivity index (χ0n) is 10.5. The molecule has 0 aromatic carbocycles. The Morgan fingerprint density at radius 1 is 1.12 bits per heavy atom. The van der Waals surface area contributed by atoms with E-state index < -0.39 is 0 Å². The number of piperidine rings is 1. The van der Waals surface area contributed by atoms with E-state index in [1.54, 1.807) is 0 Å². The molecule has 3 fully saturated rings. The van der Waals surface area contributed by atoms with Gasteiger partial charge < -0.3 is 15.5 Å². The molecule has 0 aromatic rings. The summed E-state index contributed by atoms with van der Waals surface area (Å²) in [6, 6.07) is 0.634. The van der Waals surface area contributed by atoms with E-state index in [2.05, 4.69) is 10.6 Å². The van der Waals surface area contributed by atoms with Crippen LogP contribution in [0.2, 0.25) is 0 Å². The molecule has 1 saturated carbocycles. The zero-order valence-corrected chi connectivity index (χ0v) is 10.5. The van der Waals surface area contributed by atoms with Crippen LogP contribution in [0.5, 0.6) is 0 Å². The maximum Gasteiger partial charge on any atom is 0.317 e. The van der Waals surface area contributed by atoms with Crippen LogP contribution in [0, 0.1) is 11.8 Å². The Hall–Kier alpha value is -0.770. The summed E-state index contributed by atoms with van der Waals surface area (Å²) in [5, 5.41) is 6.63. The second-order valence-electron chi connectivity index (χ2n) is 5.85. The van der Waals surface area contributed by atoms with Gasteiger partial charge in [0, 0.05) is 19.1 Å². The minimum Gasteiger partial charge on any atom is -0.335 e. The van der Waals surface area contributed by atoms with Gasteiger partial charge in [-0.05, 0) is 44.2 Å². The molecule has 2 N–H and O–H groups in total. The van der Waals surface area contributed by atoms with Gasteiger partial charge in [0.15, 0.2) is 0 Å². The number of nitrogens with zero attached hydrogens (tertiary/aromatic N) is 1. The molecule has 0 bridgehead atoms. The summed E-state index contributed by atoms with van der Waals surface area (Å²) >= 11 is 0. The van der Waals surface area contributed by atoms with Gasteiger partial charge in [0.1, 0.15) is 0 Å². The second kappa shape index (κ2) is 4.84. The van der Waals surface area contributed by atoms with Crippen LogP contribution in [0.3, 0.4) is 0 Å². The van der Waals surface area contributed by atoms with Crippen LogP contribution < -0.4 is 10.6 Å². The molecule has 96 valence electrons. The highest BCUT2D eigenvalue weighted by atomic mass is 16.2. The highest BCUT2D eigenvalue weighted by Crippen LogP contribution is 2.28. The first-order valence-electron chi connectivity index (χ1n) is 7.09. The number of urea groups is 1. The summed E-state index contributed by atoms with van der Waals surface area (Å²) in [4.78, 5) is 14.2. The summed E-state index contributed by atoms with van der Waals surface area (Å²) in [5.74, 6) is 1.43. The van der Waals surface area contributed by atoms with Gasteiger partial charge in [-0.25, -0.2) is 4.79 Å². The maximum absolute atomic E-state index is 12.1. The Balaban J connectivity index is 1.52. The number of hydrogen-bond acceptors (Lipinski definition) is 2. The molecule has 0 radical (unpaired) electrons. The first-order chi connectivity index (χ1) is 8.33. The number of likely N-dealkylation sites (tertiary alicyclic amines) is 1. The van der Waals surface area contributed by atoms with Gasteiger partial charge in [-0.15, -0.1) is 0 Å². The first-order valence-corrected chi connectivity index (χ1v) is 7.09. The molecule has 4 nitrogen and oxygen atoms in total. The molecule has 3 rings (SSSR count). The van der Waals surface area contributed by atoms with E-state index in [4.69, 9.17) is 0 Å². The standard InChI is InChI=1S/C13H23N3O/c17-13(15-12-3-1-2-4-12)16-8-10-5-6-14-7-11(10)9-16/h10-12,14H,1-9H2,(H,15,17). The number of amides is 2. The van der Waals surface area contributed by atoms with Gasteiger partial charge >= 0.3 is 6.03 Å². The smallest absolute Gasteiger partial charge is 0.317 e. The number of nitrogens with one attached hydrogen (secondary N) is 2. The minimum atomic E-state index is 0.186. The van der Waals surface area contributed by atoms with E-state index in [9.17, 15) is 4.79 Å². The van der Waals surface area contributed by atoms with Crippen LogP contribution in [-0.4, -0.2) is 43.2 Å². The lowest BCUT2D eigenvalue weighted by Crippen LogP contribution is -2.43. The minimum absolute atomic E-state index is 0.186. The lowest BCUT2D eigenvalue weighted by Gasteiger charge is -2.23. The molecule has 1 aliphatic carbocycles. The van der Waals surface area contributed by atoms with Gasteiger partial charge in [-0.2, -0.15) is 0 Å². The van der Waals surface area contributed by atoms with Gasteiger partial charge in [-0.3, -0.25) is 0 Å². The van der Waals surface area contributed by atoms with Crippen molar-refractivity contribution in [2.45, 2.75) is 38.1 Å². The van der Waals surface area contributed by atoms with Gasteiger partial charge in [0.25, 0.3) is 0 Å². The third kappa shape index (κ3) is 2.41. The molecule has 2 saturated heterocycles. The Kier molecular flexibility index (Phi) is 3.23. The summed E-state index contributed by atoms with van der Waals surface area (Å²) in [6.07, 6.45) is 6.14. The summed E-state index contributed by atoms with van der Waals surface area (Å²) < 4.78 is 0. The maximum atomic E-state index is 12.1. The fraction of sp³-hybridized carbons (Fsp3) is 0.923. The Bertz CT molecular complexity index is 274. The molecular formula is C13H23N3O. The lowest BCUT2D eigenvalue weighted by molar-refractivity contribution is 0.202. The van der Waals surface area contributed by atoms with E-state index in [1.807, 2.05) is 4.90 Å². The topological polar surface area (TPSA) is 44.4 Å². The van der Waals surface area contributed by atoms with Crippen molar-refractivity contribution in [2.24, 2.45) is 11.8 Å². The van der Waals surface area contributed by atoms with Gasteiger partial charge in [0.05, 0.1) is 0 Å². The normalized spacial score (nSPS) is 33.8. The van der Waals surface area contributed by atoms with Crippen molar-refractivity contribution in [3.8, 4) is 0 Å². The third-order valence-electron chi connectivity index (χ3n) is 4.64. The quantitative estimate of drug-likeness (QED) is 0.719. The van der Waals surface area contributed by atoms with Crippen LogP contribution in [0.15, 0.2) is 0 Å². The molecule has 2 atom stereocenters. The molecule has 2 aliphatic heterocycles. The zero-order chi connectivity index (χ0) is 11.7.